The van der Waals surface area contributed by atoms with Crippen LogP contribution in [0.25, 0.3) is 11.3 Å². The SMILES string of the molecule is COC(=O)c1c(-c2ccccn2)csc1N. The van der Waals surface area contributed by atoms with Gasteiger partial charge in [-0.15, -0.1) is 11.3 Å². The number of methoxy groups -OCH3 is 1. The average molecular weight is 234 g/mol. The van der Waals surface area contributed by atoms with Gasteiger partial charge in [0.05, 0.1) is 12.8 Å². The third-order valence-electron chi connectivity index (χ3n) is 2.15. The van der Waals surface area contributed by atoms with Crippen molar-refractivity contribution in [3.63, 3.8) is 0 Å². The Morgan fingerprint density at radius 3 is 2.94 bits per heavy atom. The number of hydrogen-bond donors (Lipinski definition) is 1. The van der Waals surface area contributed by atoms with Crippen LogP contribution in [0.15, 0.2) is 29.8 Å². The molecule has 0 saturated carbocycles. The molecule has 0 bridgehead atoms. The fraction of sp³-hybridized carbons (Fsp3) is 0.0909. The van der Waals surface area contributed by atoms with Crippen molar-refractivity contribution >= 4 is 22.3 Å². The summed E-state index contributed by atoms with van der Waals surface area (Å²) in [5, 5.41) is 2.26. The number of anilines is 1. The highest BCUT2D eigenvalue weighted by Crippen LogP contribution is 2.32. The first kappa shape index (κ1) is 10.6. The van der Waals surface area contributed by atoms with Crippen molar-refractivity contribution < 1.29 is 9.53 Å². The van der Waals surface area contributed by atoms with Crippen molar-refractivity contribution in [1.29, 1.82) is 0 Å². The predicted molar refractivity (Wildman–Crippen MR) is 63.3 cm³/mol. The lowest BCUT2D eigenvalue weighted by Crippen LogP contribution is -2.04. The van der Waals surface area contributed by atoms with Crippen molar-refractivity contribution in [1.82, 2.24) is 4.98 Å². The summed E-state index contributed by atoms with van der Waals surface area (Å²) in [4.78, 5) is 15.7. The maximum Gasteiger partial charge on any atom is 0.341 e. The topological polar surface area (TPSA) is 65.2 Å². The minimum absolute atomic E-state index is 0.395. The number of hydrogen-bond acceptors (Lipinski definition) is 5. The third-order valence-corrected chi connectivity index (χ3v) is 2.96. The number of thiophene rings is 1. The Balaban J connectivity index is 2.55. The van der Waals surface area contributed by atoms with E-state index in [1.54, 1.807) is 6.20 Å². The molecular formula is C11H10N2O2S. The van der Waals surface area contributed by atoms with E-state index in [1.165, 1.54) is 18.4 Å². The van der Waals surface area contributed by atoms with Gasteiger partial charge in [0, 0.05) is 17.1 Å². The monoisotopic (exact) mass is 234 g/mol. The maximum atomic E-state index is 11.6. The van der Waals surface area contributed by atoms with Gasteiger partial charge in [-0.25, -0.2) is 4.79 Å². The van der Waals surface area contributed by atoms with Gasteiger partial charge in [0.2, 0.25) is 0 Å². The molecule has 0 fully saturated rings. The largest absolute Gasteiger partial charge is 0.465 e. The second kappa shape index (κ2) is 4.32. The lowest BCUT2D eigenvalue weighted by Gasteiger charge is -2.02. The fourth-order valence-corrected chi connectivity index (χ4v) is 2.19. The van der Waals surface area contributed by atoms with Gasteiger partial charge in [0.25, 0.3) is 0 Å². The summed E-state index contributed by atoms with van der Waals surface area (Å²) < 4.78 is 4.70. The van der Waals surface area contributed by atoms with Crippen LogP contribution in [0.5, 0.6) is 0 Å². The first-order valence-electron chi connectivity index (χ1n) is 4.60. The number of rotatable bonds is 2. The Bertz CT molecular complexity index is 508. The van der Waals surface area contributed by atoms with E-state index in [0.29, 0.717) is 10.6 Å². The van der Waals surface area contributed by atoms with Crippen molar-refractivity contribution in [3.05, 3.63) is 35.3 Å². The summed E-state index contributed by atoms with van der Waals surface area (Å²) in [6.45, 7) is 0. The average Bonchev–Trinajstić information content (AvgIpc) is 2.71. The molecule has 0 amide bonds. The minimum atomic E-state index is -0.431. The lowest BCUT2D eigenvalue weighted by atomic mass is 10.1. The zero-order valence-corrected chi connectivity index (χ0v) is 9.45. The van der Waals surface area contributed by atoms with E-state index >= 15 is 0 Å². The summed E-state index contributed by atoms with van der Waals surface area (Å²) in [5.41, 5.74) is 7.58. The van der Waals surface area contributed by atoms with E-state index in [2.05, 4.69) is 4.98 Å². The second-order valence-electron chi connectivity index (χ2n) is 3.10. The van der Waals surface area contributed by atoms with Crippen LogP contribution in [0.2, 0.25) is 0 Å². The number of ether oxygens (including phenoxy) is 1. The molecule has 2 rings (SSSR count). The molecule has 2 N–H and O–H groups in total. The minimum Gasteiger partial charge on any atom is -0.465 e. The van der Waals surface area contributed by atoms with Gasteiger partial charge >= 0.3 is 5.97 Å². The number of aromatic nitrogens is 1. The number of esters is 1. The molecule has 0 radical (unpaired) electrons. The quantitative estimate of drug-likeness (QED) is 0.809. The van der Waals surface area contributed by atoms with Crippen molar-refractivity contribution in [2.24, 2.45) is 0 Å². The number of nitrogens with zero attached hydrogens (tertiary/aromatic N) is 1. The van der Waals surface area contributed by atoms with E-state index < -0.39 is 5.97 Å². The van der Waals surface area contributed by atoms with Crippen molar-refractivity contribution in [2.45, 2.75) is 0 Å². The first-order valence-corrected chi connectivity index (χ1v) is 5.48. The molecule has 2 aromatic rings. The highest BCUT2D eigenvalue weighted by atomic mass is 32.1. The second-order valence-corrected chi connectivity index (χ2v) is 4.01. The molecular weight excluding hydrogens is 224 g/mol. The van der Waals surface area contributed by atoms with Crippen LogP contribution < -0.4 is 5.73 Å². The summed E-state index contributed by atoms with van der Waals surface area (Å²) in [5.74, 6) is -0.431. The van der Waals surface area contributed by atoms with E-state index in [-0.39, 0.29) is 0 Å². The van der Waals surface area contributed by atoms with Crippen LogP contribution in [0.4, 0.5) is 5.00 Å². The van der Waals surface area contributed by atoms with Crippen LogP contribution in [-0.4, -0.2) is 18.1 Å². The van der Waals surface area contributed by atoms with Crippen LogP contribution >= 0.6 is 11.3 Å². The molecule has 0 atom stereocenters. The number of nitrogens with two attached hydrogens (primary N) is 1. The summed E-state index contributed by atoms with van der Waals surface area (Å²) in [7, 11) is 1.33. The summed E-state index contributed by atoms with van der Waals surface area (Å²) in [6.07, 6.45) is 1.67. The van der Waals surface area contributed by atoms with Gasteiger partial charge < -0.3 is 10.5 Å². The van der Waals surface area contributed by atoms with Crippen LogP contribution in [0, 0.1) is 0 Å². The van der Waals surface area contributed by atoms with Gasteiger partial charge in [-0.3, -0.25) is 4.98 Å². The summed E-state index contributed by atoms with van der Waals surface area (Å²) in [6, 6.07) is 5.50. The van der Waals surface area contributed by atoms with E-state index in [4.69, 9.17) is 10.5 Å². The Morgan fingerprint density at radius 2 is 2.31 bits per heavy atom. The number of nitrogen functional groups attached to an aromatic ring is 1. The molecule has 5 heteroatoms. The highest BCUT2D eigenvalue weighted by molar-refractivity contribution is 7.14. The molecule has 0 spiro atoms. The van der Waals surface area contributed by atoms with E-state index in [1.807, 2.05) is 23.6 Å². The van der Waals surface area contributed by atoms with Crippen LogP contribution in [-0.2, 0) is 4.74 Å². The number of pyridine rings is 1. The molecule has 0 unspecified atom stereocenters. The molecule has 16 heavy (non-hydrogen) atoms. The predicted octanol–water partition coefficient (Wildman–Crippen LogP) is 2.18. The zero-order chi connectivity index (χ0) is 11.5. The summed E-state index contributed by atoms with van der Waals surface area (Å²) >= 11 is 1.31. The number of carbonyl (C=O) groups excluding carboxylic acids is 1. The fourth-order valence-electron chi connectivity index (χ4n) is 1.40. The van der Waals surface area contributed by atoms with Crippen LogP contribution in [0.3, 0.4) is 0 Å². The van der Waals surface area contributed by atoms with E-state index in [9.17, 15) is 4.79 Å². The Hall–Kier alpha value is -1.88. The Morgan fingerprint density at radius 1 is 1.50 bits per heavy atom. The maximum absolute atomic E-state index is 11.6. The van der Waals surface area contributed by atoms with Gasteiger partial charge in [-0.05, 0) is 12.1 Å². The molecule has 0 saturated heterocycles. The molecule has 4 nitrogen and oxygen atoms in total. The zero-order valence-electron chi connectivity index (χ0n) is 8.64. The molecule has 0 aromatic carbocycles. The molecule has 0 aliphatic heterocycles. The van der Waals surface area contributed by atoms with Crippen molar-refractivity contribution in [2.75, 3.05) is 12.8 Å². The number of carbonyl (C=O) groups is 1. The standard InChI is InChI=1S/C11H10N2O2S/c1-15-11(14)9-7(6-16-10(9)12)8-4-2-3-5-13-8/h2-6H,12H2,1H3. The normalized spacial score (nSPS) is 10.1. The molecule has 2 heterocycles. The molecule has 2 aromatic heterocycles. The third kappa shape index (κ3) is 1.77. The molecule has 0 aliphatic carbocycles. The first-order chi connectivity index (χ1) is 7.74. The van der Waals surface area contributed by atoms with Gasteiger partial charge in [0.15, 0.2) is 0 Å². The Kier molecular flexibility index (Phi) is 2.87. The Labute approximate surface area is 96.7 Å². The van der Waals surface area contributed by atoms with Crippen LogP contribution in [0.1, 0.15) is 10.4 Å². The molecule has 82 valence electrons. The molecule has 0 aliphatic rings. The van der Waals surface area contributed by atoms with Gasteiger partial charge in [0.1, 0.15) is 10.6 Å². The van der Waals surface area contributed by atoms with Gasteiger partial charge in [-0.2, -0.15) is 0 Å². The van der Waals surface area contributed by atoms with Gasteiger partial charge in [-0.1, -0.05) is 6.07 Å². The highest BCUT2D eigenvalue weighted by Gasteiger charge is 2.19. The smallest absolute Gasteiger partial charge is 0.341 e. The van der Waals surface area contributed by atoms with Crippen molar-refractivity contribution in [3.8, 4) is 11.3 Å². The van der Waals surface area contributed by atoms with E-state index in [0.717, 1.165) is 11.3 Å². The lowest BCUT2D eigenvalue weighted by molar-refractivity contribution is 0.0603.